The number of amides is 1. The van der Waals surface area contributed by atoms with E-state index in [1.807, 2.05) is 6.07 Å². The van der Waals surface area contributed by atoms with Gasteiger partial charge in [-0.25, -0.2) is 13.8 Å². The van der Waals surface area contributed by atoms with Crippen molar-refractivity contribution in [1.29, 1.82) is 0 Å². The van der Waals surface area contributed by atoms with Crippen LogP contribution in [0.4, 0.5) is 4.79 Å². The van der Waals surface area contributed by atoms with Crippen molar-refractivity contribution in [3.05, 3.63) is 48.2 Å². The average Bonchev–Trinajstić information content (AvgIpc) is 2.89. The van der Waals surface area contributed by atoms with Crippen molar-refractivity contribution in [3.63, 3.8) is 0 Å². The second-order valence-electron chi connectivity index (χ2n) is 11.0. The van der Waals surface area contributed by atoms with Crippen LogP contribution in [0.5, 0.6) is 0 Å². The van der Waals surface area contributed by atoms with Crippen molar-refractivity contribution in [1.82, 2.24) is 4.90 Å². The molecule has 10 heteroatoms. The highest BCUT2D eigenvalue weighted by atomic mass is 32.2. The Morgan fingerprint density at radius 3 is 2.45 bits per heavy atom. The van der Waals surface area contributed by atoms with Gasteiger partial charge in [0.25, 0.3) is 0 Å². The van der Waals surface area contributed by atoms with Crippen molar-refractivity contribution in [2.75, 3.05) is 26.9 Å². The summed E-state index contributed by atoms with van der Waals surface area (Å²) < 4.78 is 44.2. The summed E-state index contributed by atoms with van der Waals surface area (Å²) in [5, 5.41) is 0. The van der Waals surface area contributed by atoms with Gasteiger partial charge in [0.1, 0.15) is 17.0 Å². The maximum Gasteiger partial charge on any atom is 0.410 e. The summed E-state index contributed by atoms with van der Waals surface area (Å²) in [6, 6.07) is 9.70. The maximum absolute atomic E-state index is 13.2. The number of carbonyl (C=O) groups excluding carboxylic acids is 2. The largest absolute Gasteiger partial charge is 0.499 e. The van der Waals surface area contributed by atoms with E-state index in [0.29, 0.717) is 25.3 Å². The number of nitrogens with zero attached hydrogens (tertiary/aromatic N) is 1. The standard InChI is InChI=1S/C28H41NO8S/c1-27(2,3)37-26(31)29-17-8-16-28(38(32)33,20-35-18-15-25(30)34-4)24(29)19-36-23-13-11-22(12-14-23)21-9-6-5-7-10-21/h5-7,9-10,15,18,22-24H,8,11-14,16-17,19-20H2,1-4H3,(H,32,33)/b18-15-. The van der Waals surface area contributed by atoms with Crippen LogP contribution in [0.2, 0.25) is 0 Å². The first-order chi connectivity index (χ1) is 18.1. The molecule has 0 aromatic heterocycles. The van der Waals surface area contributed by atoms with Crippen molar-refractivity contribution >= 4 is 23.1 Å². The molecule has 1 saturated carbocycles. The zero-order chi connectivity index (χ0) is 27.8. The van der Waals surface area contributed by atoms with Crippen molar-refractivity contribution in [3.8, 4) is 0 Å². The molecule has 0 radical (unpaired) electrons. The van der Waals surface area contributed by atoms with Crippen LogP contribution >= 0.6 is 0 Å². The number of carbonyl (C=O) groups is 2. The first-order valence-electron chi connectivity index (χ1n) is 13.2. The van der Waals surface area contributed by atoms with Gasteiger partial charge in [0, 0.05) is 6.54 Å². The van der Waals surface area contributed by atoms with Crippen molar-refractivity contribution in [2.45, 2.75) is 87.7 Å². The SMILES string of the molecule is COC(=O)/C=C\OCC1(S(=O)O)CCCN(C(=O)OC(C)(C)C)C1COC1CCC(c2ccccc2)CC1. The molecule has 1 N–H and O–H groups in total. The van der Waals surface area contributed by atoms with Crippen LogP contribution in [0.1, 0.15) is 70.8 Å². The normalized spacial score (nSPS) is 27.1. The Labute approximate surface area is 228 Å². The Morgan fingerprint density at radius 1 is 1.16 bits per heavy atom. The molecule has 1 aliphatic heterocycles. The molecule has 1 saturated heterocycles. The van der Waals surface area contributed by atoms with E-state index in [2.05, 4.69) is 29.0 Å². The minimum atomic E-state index is -2.36. The topological polar surface area (TPSA) is 112 Å². The summed E-state index contributed by atoms with van der Waals surface area (Å²) >= 11 is -2.36. The molecule has 2 fully saturated rings. The average molecular weight is 552 g/mol. The number of ether oxygens (including phenoxy) is 4. The molecule has 0 spiro atoms. The molecule has 1 aromatic rings. The van der Waals surface area contributed by atoms with Gasteiger partial charge in [-0.05, 0) is 70.8 Å². The Kier molecular flexibility index (Phi) is 10.8. The predicted molar refractivity (Wildman–Crippen MR) is 144 cm³/mol. The fourth-order valence-electron chi connectivity index (χ4n) is 5.23. The molecule has 0 bridgehead atoms. The molecule has 1 heterocycles. The molecule has 3 unspecified atom stereocenters. The summed E-state index contributed by atoms with van der Waals surface area (Å²) in [6.45, 7) is 5.62. The zero-order valence-electron chi connectivity index (χ0n) is 22.8. The number of methoxy groups -OCH3 is 1. The molecular weight excluding hydrogens is 510 g/mol. The molecular formula is C28H41NO8S. The Hall–Kier alpha value is -2.43. The van der Waals surface area contributed by atoms with Crippen LogP contribution in [-0.2, 0) is 34.8 Å². The third-order valence-corrected chi connectivity index (χ3v) is 8.51. The molecule has 1 aliphatic carbocycles. The van der Waals surface area contributed by atoms with E-state index in [-0.39, 0.29) is 19.3 Å². The van der Waals surface area contributed by atoms with E-state index in [1.165, 1.54) is 17.6 Å². The van der Waals surface area contributed by atoms with E-state index in [9.17, 15) is 18.4 Å². The monoisotopic (exact) mass is 551 g/mol. The number of piperidine rings is 1. The van der Waals surface area contributed by atoms with Gasteiger partial charge in [-0.3, -0.25) is 0 Å². The Bertz CT molecular complexity index is 971. The summed E-state index contributed by atoms with van der Waals surface area (Å²) in [6.07, 6.45) is 6.24. The van der Waals surface area contributed by atoms with Crippen molar-refractivity contribution < 1.29 is 37.3 Å². The fourth-order valence-corrected chi connectivity index (χ4v) is 6.15. The molecule has 38 heavy (non-hydrogen) atoms. The highest BCUT2D eigenvalue weighted by molar-refractivity contribution is 7.80. The number of likely N-dealkylation sites (tertiary alicyclic amines) is 1. The molecule has 1 aromatic carbocycles. The Morgan fingerprint density at radius 2 is 1.84 bits per heavy atom. The van der Waals surface area contributed by atoms with Gasteiger partial charge in [0.2, 0.25) is 0 Å². The molecule has 2 aliphatic rings. The quantitative estimate of drug-likeness (QED) is 0.202. The van der Waals surface area contributed by atoms with Gasteiger partial charge in [0.15, 0.2) is 11.1 Å². The lowest BCUT2D eigenvalue weighted by Gasteiger charge is -2.47. The molecule has 9 nitrogen and oxygen atoms in total. The van der Waals surface area contributed by atoms with Gasteiger partial charge < -0.3 is 28.4 Å². The number of rotatable bonds is 9. The third kappa shape index (κ3) is 8.04. The minimum Gasteiger partial charge on any atom is -0.499 e. The first-order valence-corrected chi connectivity index (χ1v) is 14.3. The summed E-state index contributed by atoms with van der Waals surface area (Å²) in [7, 11) is 1.25. The summed E-state index contributed by atoms with van der Waals surface area (Å²) in [5.41, 5.74) is 0.609. The second-order valence-corrected chi connectivity index (χ2v) is 12.3. The van der Waals surface area contributed by atoms with Crippen LogP contribution in [0.15, 0.2) is 42.7 Å². The zero-order valence-corrected chi connectivity index (χ0v) is 23.6. The highest BCUT2D eigenvalue weighted by Crippen LogP contribution is 2.37. The summed E-state index contributed by atoms with van der Waals surface area (Å²) in [4.78, 5) is 26.1. The fraction of sp³-hybridized carbons (Fsp3) is 0.643. The lowest BCUT2D eigenvalue weighted by molar-refractivity contribution is -0.135. The van der Waals surface area contributed by atoms with Gasteiger partial charge in [-0.1, -0.05) is 30.3 Å². The van der Waals surface area contributed by atoms with E-state index in [1.54, 1.807) is 20.8 Å². The van der Waals surface area contributed by atoms with Crippen LogP contribution in [0, 0.1) is 0 Å². The predicted octanol–water partition coefficient (Wildman–Crippen LogP) is 4.79. The number of benzene rings is 1. The van der Waals surface area contributed by atoms with Gasteiger partial charge in [-0.15, -0.1) is 0 Å². The van der Waals surface area contributed by atoms with E-state index >= 15 is 0 Å². The van der Waals surface area contributed by atoms with E-state index < -0.39 is 39.5 Å². The van der Waals surface area contributed by atoms with E-state index in [4.69, 9.17) is 14.2 Å². The van der Waals surface area contributed by atoms with Gasteiger partial charge in [-0.2, -0.15) is 0 Å². The maximum atomic E-state index is 13.2. The molecule has 1 amide bonds. The van der Waals surface area contributed by atoms with Crippen LogP contribution in [-0.4, -0.2) is 75.1 Å². The first kappa shape index (κ1) is 30.1. The number of hydrogen-bond acceptors (Lipinski definition) is 7. The summed E-state index contributed by atoms with van der Waals surface area (Å²) in [5.74, 6) is -0.114. The highest BCUT2D eigenvalue weighted by Gasteiger charge is 2.52. The van der Waals surface area contributed by atoms with Crippen LogP contribution in [0.25, 0.3) is 0 Å². The lowest BCUT2D eigenvalue weighted by Crippen LogP contribution is -2.64. The third-order valence-electron chi connectivity index (χ3n) is 7.22. The van der Waals surface area contributed by atoms with Crippen LogP contribution in [0.3, 0.4) is 0 Å². The van der Waals surface area contributed by atoms with Crippen LogP contribution < -0.4 is 0 Å². The van der Waals surface area contributed by atoms with Crippen molar-refractivity contribution in [2.24, 2.45) is 0 Å². The van der Waals surface area contributed by atoms with E-state index in [0.717, 1.165) is 38.0 Å². The number of esters is 1. The lowest BCUT2D eigenvalue weighted by atomic mass is 9.82. The van der Waals surface area contributed by atoms with Gasteiger partial charge in [0.05, 0.1) is 38.2 Å². The minimum absolute atomic E-state index is 0.0117. The number of hydrogen-bond donors (Lipinski definition) is 1. The second kappa shape index (κ2) is 13.6. The Balaban J connectivity index is 1.75. The molecule has 212 valence electrons. The van der Waals surface area contributed by atoms with Gasteiger partial charge >= 0.3 is 12.1 Å². The molecule has 3 atom stereocenters. The smallest absolute Gasteiger partial charge is 0.410 e. The molecule has 3 rings (SSSR count).